The number of hydrogen-bond acceptors (Lipinski definition) is 6. The Labute approximate surface area is 70.6 Å². The van der Waals surface area contributed by atoms with Crippen molar-refractivity contribution in [1.29, 1.82) is 0 Å². The summed E-state index contributed by atoms with van der Waals surface area (Å²) >= 11 is 0. The van der Waals surface area contributed by atoms with Gasteiger partial charge in [0.1, 0.15) is 5.82 Å². The number of hydrazine groups is 1. The second-order valence-electron chi connectivity index (χ2n) is 2.15. The molecule has 0 saturated carbocycles. The molecule has 0 bridgehead atoms. The van der Waals surface area contributed by atoms with Crippen LogP contribution in [0, 0.1) is 0 Å². The molecular weight excluding hydrogens is 156 g/mol. The molecule has 6 nitrogen and oxygen atoms in total. The van der Waals surface area contributed by atoms with Crippen molar-refractivity contribution in [3.63, 3.8) is 0 Å². The lowest BCUT2D eigenvalue weighted by molar-refractivity contribution is 0.900. The Morgan fingerprint density at radius 1 is 1.25 bits per heavy atom. The summed E-state index contributed by atoms with van der Waals surface area (Å²) < 4.78 is 0. The van der Waals surface area contributed by atoms with E-state index in [-0.39, 0.29) is 0 Å². The first kappa shape index (κ1) is 8.66. The van der Waals surface area contributed by atoms with Crippen LogP contribution >= 0.6 is 0 Å². The summed E-state index contributed by atoms with van der Waals surface area (Å²) in [6.07, 6.45) is 0.756. The largest absolute Gasteiger partial charge is 0.357 e. The van der Waals surface area contributed by atoms with Crippen LogP contribution < -0.4 is 16.6 Å². The molecular formula is C6H12N6. The maximum absolute atomic E-state index is 5.17. The van der Waals surface area contributed by atoms with Crippen LogP contribution in [0.2, 0.25) is 0 Å². The fourth-order valence-corrected chi connectivity index (χ4v) is 0.754. The number of aryl methyl sites for hydroxylation is 1. The summed E-state index contributed by atoms with van der Waals surface area (Å²) in [5, 5.41) is 2.82. The zero-order valence-electron chi connectivity index (χ0n) is 7.13. The second kappa shape index (κ2) is 3.82. The minimum atomic E-state index is 0.381. The smallest absolute Gasteiger partial charge is 0.242 e. The Bertz CT molecular complexity index is 205. The van der Waals surface area contributed by atoms with Crippen molar-refractivity contribution in [1.82, 2.24) is 15.0 Å². The Morgan fingerprint density at radius 2 is 1.92 bits per heavy atom. The van der Waals surface area contributed by atoms with Gasteiger partial charge in [-0.3, -0.25) is 5.43 Å². The van der Waals surface area contributed by atoms with E-state index in [9.17, 15) is 0 Å². The molecule has 6 heteroatoms. The van der Waals surface area contributed by atoms with Gasteiger partial charge in [0.05, 0.1) is 0 Å². The van der Waals surface area contributed by atoms with Crippen molar-refractivity contribution in [2.24, 2.45) is 5.84 Å². The molecule has 1 rings (SSSR count). The van der Waals surface area contributed by atoms with E-state index in [1.807, 2.05) is 6.92 Å². The van der Waals surface area contributed by atoms with Gasteiger partial charge in [-0.15, -0.1) is 0 Å². The van der Waals surface area contributed by atoms with E-state index in [2.05, 4.69) is 25.7 Å². The predicted molar refractivity (Wildman–Crippen MR) is 46.6 cm³/mol. The molecule has 0 saturated heterocycles. The number of nitrogen functional groups attached to an aromatic ring is 1. The second-order valence-corrected chi connectivity index (χ2v) is 2.15. The fraction of sp³-hybridized carbons (Fsp3) is 0.500. The zero-order valence-corrected chi connectivity index (χ0v) is 7.13. The van der Waals surface area contributed by atoms with E-state index in [4.69, 9.17) is 5.84 Å². The van der Waals surface area contributed by atoms with E-state index in [0.29, 0.717) is 17.7 Å². The quantitative estimate of drug-likeness (QED) is 0.426. The van der Waals surface area contributed by atoms with Crippen molar-refractivity contribution >= 4 is 11.9 Å². The third-order valence-corrected chi connectivity index (χ3v) is 1.35. The van der Waals surface area contributed by atoms with Crippen LogP contribution in [0.25, 0.3) is 0 Å². The van der Waals surface area contributed by atoms with E-state index in [0.717, 1.165) is 6.42 Å². The molecule has 4 N–H and O–H groups in total. The number of hydrogen-bond donors (Lipinski definition) is 3. The molecule has 0 aliphatic heterocycles. The Hall–Kier alpha value is -1.43. The van der Waals surface area contributed by atoms with Gasteiger partial charge in [0.15, 0.2) is 0 Å². The van der Waals surface area contributed by atoms with Crippen LogP contribution in [0.3, 0.4) is 0 Å². The average Bonchev–Trinajstić information content (AvgIpc) is 2.16. The van der Waals surface area contributed by atoms with Crippen molar-refractivity contribution in [3.05, 3.63) is 5.82 Å². The van der Waals surface area contributed by atoms with Crippen molar-refractivity contribution in [2.75, 3.05) is 17.8 Å². The fourth-order valence-electron chi connectivity index (χ4n) is 0.754. The predicted octanol–water partition coefficient (Wildman–Crippen LogP) is -0.239. The minimum Gasteiger partial charge on any atom is -0.357 e. The van der Waals surface area contributed by atoms with Gasteiger partial charge in [-0.05, 0) is 0 Å². The number of anilines is 2. The van der Waals surface area contributed by atoms with E-state index < -0.39 is 0 Å². The lowest BCUT2D eigenvalue weighted by atomic mass is 10.4. The summed E-state index contributed by atoms with van der Waals surface area (Å²) in [4.78, 5) is 12.1. The highest BCUT2D eigenvalue weighted by molar-refractivity contribution is 5.32. The number of aromatic nitrogens is 3. The van der Waals surface area contributed by atoms with Crippen LogP contribution in [0.5, 0.6) is 0 Å². The maximum Gasteiger partial charge on any atom is 0.242 e. The molecule has 0 fully saturated rings. The first-order valence-corrected chi connectivity index (χ1v) is 3.69. The Kier molecular flexibility index (Phi) is 2.76. The van der Waals surface area contributed by atoms with E-state index in [1.165, 1.54) is 0 Å². The van der Waals surface area contributed by atoms with Crippen LogP contribution in [0.1, 0.15) is 12.7 Å². The van der Waals surface area contributed by atoms with Gasteiger partial charge in [-0.2, -0.15) is 15.0 Å². The maximum atomic E-state index is 5.17. The minimum absolute atomic E-state index is 0.381. The summed E-state index contributed by atoms with van der Waals surface area (Å²) in [7, 11) is 1.75. The molecule has 0 spiro atoms. The third kappa shape index (κ3) is 1.79. The summed E-state index contributed by atoms with van der Waals surface area (Å²) in [6.45, 7) is 1.97. The van der Waals surface area contributed by atoms with Gasteiger partial charge in [-0.25, -0.2) is 5.84 Å². The topological polar surface area (TPSA) is 88.8 Å². The molecule has 1 heterocycles. The van der Waals surface area contributed by atoms with Crippen molar-refractivity contribution in [2.45, 2.75) is 13.3 Å². The number of nitrogens with zero attached hydrogens (tertiary/aromatic N) is 3. The molecule has 0 radical (unpaired) electrons. The Balaban J connectivity index is 3.01. The number of nitrogens with two attached hydrogens (primary N) is 1. The van der Waals surface area contributed by atoms with Crippen LogP contribution in [-0.2, 0) is 6.42 Å². The standard InChI is InChI=1S/C6H12N6/c1-3-4-9-5(8-2)11-6(10-4)12-7/h3,7H2,1-2H3,(H2,8,9,10,11,12). The Morgan fingerprint density at radius 3 is 2.42 bits per heavy atom. The number of rotatable bonds is 3. The molecule has 66 valence electrons. The molecule has 0 aliphatic carbocycles. The SMILES string of the molecule is CCc1nc(NC)nc(NN)n1. The van der Waals surface area contributed by atoms with E-state index >= 15 is 0 Å². The van der Waals surface area contributed by atoms with Crippen LogP contribution in [0.4, 0.5) is 11.9 Å². The van der Waals surface area contributed by atoms with Crippen molar-refractivity contribution in [3.8, 4) is 0 Å². The summed E-state index contributed by atoms with van der Waals surface area (Å²) in [6, 6.07) is 0. The zero-order chi connectivity index (χ0) is 8.97. The van der Waals surface area contributed by atoms with Gasteiger partial charge in [0.2, 0.25) is 11.9 Å². The van der Waals surface area contributed by atoms with Crippen LogP contribution in [0.15, 0.2) is 0 Å². The monoisotopic (exact) mass is 168 g/mol. The molecule has 0 unspecified atom stereocenters. The average molecular weight is 168 g/mol. The molecule has 0 aliphatic rings. The molecule has 12 heavy (non-hydrogen) atoms. The molecule has 1 aromatic heterocycles. The lowest BCUT2D eigenvalue weighted by Crippen LogP contribution is -2.13. The van der Waals surface area contributed by atoms with Crippen LogP contribution in [-0.4, -0.2) is 22.0 Å². The lowest BCUT2D eigenvalue weighted by Gasteiger charge is -2.03. The first-order chi connectivity index (χ1) is 5.80. The molecule has 1 aromatic rings. The normalized spacial score (nSPS) is 9.58. The van der Waals surface area contributed by atoms with Crippen molar-refractivity contribution < 1.29 is 0 Å². The first-order valence-electron chi connectivity index (χ1n) is 3.69. The van der Waals surface area contributed by atoms with Gasteiger partial charge < -0.3 is 5.32 Å². The molecule has 0 atom stereocenters. The van der Waals surface area contributed by atoms with Gasteiger partial charge >= 0.3 is 0 Å². The highest BCUT2D eigenvalue weighted by atomic mass is 15.3. The van der Waals surface area contributed by atoms with Gasteiger partial charge in [0, 0.05) is 13.5 Å². The van der Waals surface area contributed by atoms with Gasteiger partial charge in [0.25, 0.3) is 0 Å². The van der Waals surface area contributed by atoms with Gasteiger partial charge in [-0.1, -0.05) is 6.92 Å². The molecule has 0 aromatic carbocycles. The summed E-state index contributed by atoms with van der Waals surface area (Å²) in [5.41, 5.74) is 2.37. The summed E-state index contributed by atoms with van der Waals surface area (Å²) in [5.74, 6) is 6.78. The molecule has 0 amide bonds. The highest BCUT2D eigenvalue weighted by Gasteiger charge is 2.01. The number of nitrogens with one attached hydrogen (secondary N) is 2. The third-order valence-electron chi connectivity index (χ3n) is 1.35. The highest BCUT2D eigenvalue weighted by Crippen LogP contribution is 2.03. The van der Waals surface area contributed by atoms with E-state index in [1.54, 1.807) is 7.05 Å².